The standard InChI is InChI=1S/C10H21NO3/c1-4-9(2)8-14-10(13)11(3)6-5-7-12/h9,12H,4-8H2,1-3H3. The number of rotatable bonds is 6. The maximum atomic E-state index is 11.3. The molecule has 0 fully saturated rings. The van der Waals surface area contributed by atoms with Crippen LogP contribution in [-0.2, 0) is 4.74 Å². The highest BCUT2D eigenvalue weighted by atomic mass is 16.6. The molecule has 0 saturated heterocycles. The smallest absolute Gasteiger partial charge is 0.409 e. The van der Waals surface area contributed by atoms with Crippen LogP contribution in [0, 0.1) is 5.92 Å². The monoisotopic (exact) mass is 203 g/mol. The molecule has 1 N–H and O–H groups in total. The zero-order valence-corrected chi connectivity index (χ0v) is 9.32. The van der Waals surface area contributed by atoms with Crippen LogP contribution in [0.4, 0.5) is 4.79 Å². The molecule has 0 spiro atoms. The van der Waals surface area contributed by atoms with Crippen molar-refractivity contribution >= 4 is 6.09 Å². The summed E-state index contributed by atoms with van der Waals surface area (Å²) >= 11 is 0. The van der Waals surface area contributed by atoms with Crippen molar-refractivity contribution in [1.82, 2.24) is 4.90 Å². The molecule has 1 amide bonds. The molecule has 0 bridgehead atoms. The van der Waals surface area contributed by atoms with Gasteiger partial charge in [0.1, 0.15) is 0 Å². The Labute approximate surface area is 85.9 Å². The molecule has 84 valence electrons. The molecular weight excluding hydrogens is 182 g/mol. The molecule has 0 aromatic carbocycles. The molecule has 4 nitrogen and oxygen atoms in total. The van der Waals surface area contributed by atoms with Gasteiger partial charge in [0, 0.05) is 20.2 Å². The second-order valence-electron chi connectivity index (χ2n) is 3.59. The van der Waals surface area contributed by atoms with Gasteiger partial charge in [-0.05, 0) is 12.3 Å². The van der Waals surface area contributed by atoms with Gasteiger partial charge in [0.2, 0.25) is 0 Å². The van der Waals surface area contributed by atoms with E-state index in [0.717, 1.165) is 6.42 Å². The largest absolute Gasteiger partial charge is 0.449 e. The van der Waals surface area contributed by atoms with Gasteiger partial charge in [0.25, 0.3) is 0 Å². The van der Waals surface area contributed by atoms with E-state index in [1.165, 1.54) is 4.90 Å². The molecule has 0 aliphatic carbocycles. The number of hydrogen-bond donors (Lipinski definition) is 1. The quantitative estimate of drug-likeness (QED) is 0.711. The van der Waals surface area contributed by atoms with Gasteiger partial charge >= 0.3 is 6.09 Å². The number of nitrogens with zero attached hydrogens (tertiary/aromatic N) is 1. The van der Waals surface area contributed by atoms with Gasteiger partial charge < -0.3 is 14.7 Å². The van der Waals surface area contributed by atoms with Gasteiger partial charge in [0.15, 0.2) is 0 Å². The van der Waals surface area contributed by atoms with E-state index in [0.29, 0.717) is 25.5 Å². The fourth-order valence-electron chi connectivity index (χ4n) is 0.841. The lowest BCUT2D eigenvalue weighted by Gasteiger charge is -2.17. The summed E-state index contributed by atoms with van der Waals surface area (Å²) in [7, 11) is 1.68. The molecule has 0 radical (unpaired) electrons. The maximum absolute atomic E-state index is 11.3. The van der Waals surface area contributed by atoms with Crippen LogP contribution in [0.5, 0.6) is 0 Å². The highest BCUT2D eigenvalue weighted by Gasteiger charge is 2.10. The summed E-state index contributed by atoms with van der Waals surface area (Å²) in [5.74, 6) is 0.408. The molecule has 0 aromatic heterocycles. The Morgan fingerprint density at radius 1 is 1.57 bits per heavy atom. The van der Waals surface area contributed by atoms with Gasteiger partial charge in [0.05, 0.1) is 6.61 Å². The van der Waals surface area contributed by atoms with E-state index in [-0.39, 0.29) is 12.7 Å². The number of amides is 1. The summed E-state index contributed by atoms with van der Waals surface area (Å²) in [6, 6.07) is 0. The maximum Gasteiger partial charge on any atom is 0.409 e. The fraction of sp³-hybridized carbons (Fsp3) is 0.900. The zero-order chi connectivity index (χ0) is 11.0. The van der Waals surface area contributed by atoms with E-state index >= 15 is 0 Å². The van der Waals surface area contributed by atoms with Gasteiger partial charge in [-0.3, -0.25) is 0 Å². The van der Waals surface area contributed by atoms with Crippen LogP contribution in [0.1, 0.15) is 26.7 Å². The van der Waals surface area contributed by atoms with Crippen molar-refractivity contribution in [1.29, 1.82) is 0 Å². The zero-order valence-electron chi connectivity index (χ0n) is 9.32. The number of carbonyl (C=O) groups excluding carboxylic acids is 1. The minimum Gasteiger partial charge on any atom is -0.449 e. The van der Waals surface area contributed by atoms with Gasteiger partial charge in [-0.2, -0.15) is 0 Å². The topological polar surface area (TPSA) is 49.8 Å². The number of carbonyl (C=O) groups is 1. The summed E-state index contributed by atoms with van der Waals surface area (Å²) in [4.78, 5) is 12.8. The Bertz CT molecular complexity index is 161. The second kappa shape index (κ2) is 7.62. The van der Waals surface area contributed by atoms with Crippen molar-refractivity contribution in [3.8, 4) is 0 Å². The van der Waals surface area contributed by atoms with Crippen molar-refractivity contribution < 1.29 is 14.6 Å². The van der Waals surface area contributed by atoms with Crippen molar-refractivity contribution in [3.05, 3.63) is 0 Å². The Kier molecular flexibility index (Phi) is 7.20. The van der Waals surface area contributed by atoms with Crippen molar-refractivity contribution in [2.75, 3.05) is 26.8 Å². The number of hydrogen-bond acceptors (Lipinski definition) is 3. The molecule has 0 rings (SSSR count). The van der Waals surface area contributed by atoms with Crippen LogP contribution in [0.25, 0.3) is 0 Å². The third kappa shape index (κ3) is 5.80. The first kappa shape index (κ1) is 13.2. The van der Waals surface area contributed by atoms with Crippen LogP contribution >= 0.6 is 0 Å². The van der Waals surface area contributed by atoms with E-state index < -0.39 is 0 Å². The molecular formula is C10H21NO3. The highest BCUT2D eigenvalue weighted by Crippen LogP contribution is 2.02. The van der Waals surface area contributed by atoms with E-state index in [1.807, 2.05) is 6.92 Å². The molecule has 0 saturated carbocycles. The molecule has 0 aromatic rings. The van der Waals surface area contributed by atoms with Crippen molar-refractivity contribution in [2.24, 2.45) is 5.92 Å². The summed E-state index contributed by atoms with van der Waals surface area (Å²) < 4.78 is 5.06. The van der Waals surface area contributed by atoms with Crippen LogP contribution in [0.2, 0.25) is 0 Å². The van der Waals surface area contributed by atoms with Crippen LogP contribution in [0.3, 0.4) is 0 Å². The molecule has 14 heavy (non-hydrogen) atoms. The van der Waals surface area contributed by atoms with Crippen LogP contribution in [0.15, 0.2) is 0 Å². The summed E-state index contributed by atoms with van der Waals surface area (Å²) in [5, 5.41) is 8.57. The van der Waals surface area contributed by atoms with Crippen molar-refractivity contribution in [2.45, 2.75) is 26.7 Å². The predicted octanol–water partition coefficient (Wildman–Crippen LogP) is 1.48. The second-order valence-corrected chi connectivity index (χ2v) is 3.59. The lowest BCUT2D eigenvalue weighted by Crippen LogP contribution is -2.30. The average Bonchev–Trinajstić information content (AvgIpc) is 2.21. The molecule has 1 atom stereocenters. The van der Waals surface area contributed by atoms with E-state index in [9.17, 15) is 4.79 Å². The summed E-state index contributed by atoms with van der Waals surface area (Å²) in [6.45, 7) is 5.21. The first-order valence-corrected chi connectivity index (χ1v) is 5.10. The van der Waals surface area contributed by atoms with Gasteiger partial charge in [-0.1, -0.05) is 20.3 Å². The lowest BCUT2D eigenvalue weighted by molar-refractivity contribution is 0.0949. The molecule has 0 aliphatic rings. The van der Waals surface area contributed by atoms with Gasteiger partial charge in [-0.15, -0.1) is 0 Å². The van der Waals surface area contributed by atoms with E-state index in [2.05, 4.69) is 6.92 Å². The van der Waals surface area contributed by atoms with Crippen molar-refractivity contribution in [3.63, 3.8) is 0 Å². The SMILES string of the molecule is CCC(C)COC(=O)N(C)CCCO. The van der Waals surface area contributed by atoms with E-state index in [4.69, 9.17) is 9.84 Å². The number of aliphatic hydroxyl groups is 1. The third-order valence-electron chi connectivity index (χ3n) is 2.15. The van der Waals surface area contributed by atoms with Crippen LogP contribution in [-0.4, -0.2) is 42.9 Å². The Morgan fingerprint density at radius 2 is 2.21 bits per heavy atom. The van der Waals surface area contributed by atoms with Crippen LogP contribution < -0.4 is 0 Å². The fourth-order valence-corrected chi connectivity index (χ4v) is 0.841. The lowest BCUT2D eigenvalue weighted by atomic mass is 10.1. The molecule has 0 heterocycles. The Morgan fingerprint density at radius 3 is 2.71 bits per heavy atom. The Balaban J connectivity index is 3.61. The summed E-state index contributed by atoms with van der Waals surface area (Å²) in [5.41, 5.74) is 0. The Hall–Kier alpha value is -0.770. The first-order valence-electron chi connectivity index (χ1n) is 5.10. The predicted molar refractivity (Wildman–Crippen MR) is 55.1 cm³/mol. The molecule has 1 unspecified atom stereocenters. The van der Waals surface area contributed by atoms with Gasteiger partial charge in [-0.25, -0.2) is 4.79 Å². The normalized spacial score (nSPS) is 12.3. The minimum absolute atomic E-state index is 0.100. The molecule has 4 heteroatoms. The third-order valence-corrected chi connectivity index (χ3v) is 2.15. The molecule has 0 aliphatic heterocycles. The highest BCUT2D eigenvalue weighted by molar-refractivity contribution is 5.67. The minimum atomic E-state index is -0.307. The average molecular weight is 203 g/mol. The number of ether oxygens (including phenoxy) is 1. The first-order chi connectivity index (χ1) is 6.61. The van der Waals surface area contributed by atoms with E-state index in [1.54, 1.807) is 7.05 Å². The summed E-state index contributed by atoms with van der Waals surface area (Å²) in [6.07, 6.45) is 1.29. The number of aliphatic hydroxyl groups excluding tert-OH is 1.